The summed E-state index contributed by atoms with van der Waals surface area (Å²) in [6, 6.07) is 1.03. The van der Waals surface area contributed by atoms with Crippen molar-refractivity contribution < 1.29 is 30.0 Å². The second-order valence-electron chi connectivity index (χ2n) is 3.91. The molecule has 0 aliphatic rings. The lowest BCUT2D eigenvalue weighted by molar-refractivity contribution is -0.135. The fourth-order valence-corrected chi connectivity index (χ4v) is 2.44. The summed E-state index contributed by atoms with van der Waals surface area (Å²) in [7, 11) is -1.59. The van der Waals surface area contributed by atoms with Crippen LogP contribution in [0.15, 0.2) is 0 Å². The summed E-state index contributed by atoms with van der Waals surface area (Å²) < 4.78 is 0. The van der Waals surface area contributed by atoms with Crippen molar-refractivity contribution in [3.05, 3.63) is 0 Å². The van der Waals surface area contributed by atoms with Crippen LogP contribution in [0, 0.1) is 0 Å². The maximum atomic E-state index is 9.00. The molecular formula is C10H24O6Si. The van der Waals surface area contributed by atoms with Crippen LogP contribution in [0.1, 0.15) is 27.2 Å². The number of aliphatic hydroxyl groups is 2. The molecule has 0 bridgehead atoms. The standard InChI is InChI=1S/C6H16O2Si.2C2H4O2/c1-3-4-9(2,5-7)6-8;2*1-2(3)4/h7-8H,3-6H2,1-2H3;2*1H3,(H,3,4). The maximum absolute atomic E-state index is 9.00. The van der Waals surface area contributed by atoms with E-state index in [1.54, 1.807) is 0 Å². The molecule has 0 heterocycles. The van der Waals surface area contributed by atoms with Gasteiger partial charge in [0.1, 0.15) is 8.07 Å². The highest BCUT2D eigenvalue weighted by molar-refractivity contribution is 6.78. The summed E-state index contributed by atoms with van der Waals surface area (Å²) in [6.45, 7) is 6.27. The number of hydrogen-bond acceptors (Lipinski definition) is 4. The quantitative estimate of drug-likeness (QED) is 0.558. The molecule has 0 amide bonds. The average Bonchev–Trinajstić information content (AvgIpc) is 2.16. The minimum atomic E-state index is -1.59. The Morgan fingerprint density at radius 2 is 1.24 bits per heavy atom. The second-order valence-corrected chi connectivity index (χ2v) is 8.67. The van der Waals surface area contributed by atoms with Gasteiger partial charge in [0.05, 0.1) is 0 Å². The predicted octanol–water partition coefficient (Wildman–Crippen LogP) is 0.720. The van der Waals surface area contributed by atoms with Crippen LogP contribution in [0.4, 0.5) is 0 Å². The van der Waals surface area contributed by atoms with E-state index in [9.17, 15) is 0 Å². The van der Waals surface area contributed by atoms with Gasteiger partial charge in [0.2, 0.25) is 0 Å². The first-order valence-corrected chi connectivity index (χ1v) is 8.38. The van der Waals surface area contributed by atoms with E-state index in [4.69, 9.17) is 30.0 Å². The smallest absolute Gasteiger partial charge is 0.300 e. The van der Waals surface area contributed by atoms with Gasteiger partial charge in [-0.15, -0.1) is 0 Å². The van der Waals surface area contributed by atoms with E-state index in [0.29, 0.717) is 0 Å². The molecule has 0 saturated carbocycles. The SMILES string of the molecule is CC(=O)O.CC(=O)O.CCC[Si](C)(CO)CO. The van der Waals surface area contributed by atoms with Gasteiger partial charge >= 0.3 is 0 Å². The Balaban J connectivity index is -0.000000205. The van der Waals surface area contributed by atoms with Crippen molar-refractivity contribution >= 4 is 20.0 Å². The minimum absolute atomic E-state index is 0.220. The fraction of sp³-hybridized carbons (Fsp3) is 0.800. The zero-order valence-electron chi connectivity index (χ0n) is 10.9. The van der Waals surface area contributed by atoms with E-state index in [1.807, 2.05) is 6.55 Å². The van der Waals surface area contributed by atoms with Gasteiger partial charge < -0.3 is 20.4 Å². The van der Waals surface area contributed by atoms with Gasteiger partial charge in [-0.3, -0.25) is 9.59 Å². The fourth-order valence-electron chi connectivity index (χ4n) is 0.812. The lowest BCUT2D eigenvalue weighted by Crippen LogP contribution is -2.39. The van der Waals surface area contributed by atoms with E-state index >= 15 is 0 Å². The van der Waals surface area contributed by atoms with Crippen molar-refractivity contribution in [1.82, 2.24) is 0 Å². The molecule has 0 radical (unpaired) electrons. The number of aliphatic hydroxyl groups excluding tert-OH is 2. The van der Waals surface area contributed by atoms with E-state index in [-0.39, 0.29) is 12.5 Å². The Hall–Kier alpha value is -0.923. The number of carboxylic acids is 2. The lowest BCUT2D eigenvalue weighted by atomic mass is 10.6. The molecule has 0 saturated heterocycles. The highest BCUT2D eigenvalue weighted by Crippen LogP contribution is 2.09. The topological polar surface area (TPSA) is 115 Å². The van der Waals surface area contributed by atoms with Gasteiger partial charge in [0.25, 0.3) is 11.9 Å². The van der Waals surface area contributed by atoms with Crippen molar-refractivity contribution in [2.75, 3.05) is 12.5 Å². The summed E-state index contributed by atoms with van der Waals surface area (Å²) in [4.78, 5) is 18.0. The summed E-state index contributed by atoms with van der Waals surface area (Å²) in [6.07, 6.45) is 1.51. The molecule has 0 fully saturated rings. The number of carboxylic acid groups (broad SMARTS) is 2. The van der Waals surface area contributed by atoms with Crippen molar-refractivity contribution in [3.63, 3.8) is 0 Å². The van der Waals surface area contributed by atoms with Crippen molar-refractivity contribution in [2.24, 2.45) is 0 Å². The van der Waals surface area contributed by atoms with E-state index in [2.05, 4.69) is 6.92 Å². The Bertz CT molecular complexity index is 183. The van der Waals surface area contributed by atoms with Crippen LogP contribution < -0.4 is 0 Å². The largest absolute Gasteiger partial charge is 0.481 e. The van der Waals surface area contributed by atoms with Gasteiger partial charge in [-0.2, -0.15) is 0 Å². The first-order chi connectivity index (χ1) is 7.65. The summed E-state index contributed by atoms with van der Waals surface area (Å²) in [5, 5.41) is 32.5. The molecule has 0 aromatic carbocycles. The van der Waals surface area contributed by atoms with Crippen LogP contribution in [-0.4, -0.2) is 52.9 Å². The first kappa shape index (κ1) is 21.4. The van der Waals surface area contributed by atoms with Crippen LogP contribution in [0.3, 0.4) is 0 Å². The molecule has 0 rings (SSSR count). The van der Waals surface area contributed by atoms with Gasteiger partial charge in [0.15, 0.2) is 0 Å². The molecule has 0 aliphatic carbocycles. The zero-order chi connectivity index (χ0) is 14.5. The molecule has 6 nitrogen and oxygen atoms in total. The predicted molar refractivity (Wildman–Crippen MR) is 67.5 cm³/mol. The number of aliphatic carboxylic acids is 2. The highest BCUT2D eigenvalue weighted by atomic mass is 28.3. The monoisotopic (exact) mass is 268 g/mol. The van der Waals surface area contributed by atoms with E-state index in [1.165, 1.54) is 0 Å². The van der Waals surface area contributed by atoms with Crippen LogP contribution in [0.2, 0.25) is 12.6 Å². The Morgan fingerprint density at radius 3 is 1.29 bits per heavy atom. The van der Waals surface area contributed by atoms with Crippen molar-refractivity contribution in [3.8, 4) is 0 Å². The molecule has 0 atom stereocenters. The lowest BCUT2D eigenvalue weighted by Gasteiger charge is -2.20. The highest BCUT2D eigenvalue weighted by Gasteiger charge is 2.23. The molecule has 0 aliphatic heterocycles. The van der Waals surface area contributed by atoms with Gasteiger partial charge in [-0.05, 0) is 0 Å². The average molecular weight is 268 g/mol. The summed E-state index contributed by atoms with van der Waals surface area (Å²) in [5.74, 6) is -1.67. The first-order valence-electron chi connectivity index (χ1n) is 5.26. The molecule has 0 aromatic rings. The molecule has 104 valence electrons. The van der Waals surface area contributed by atoms with Crippen LogP contribution in [0.25, 0.3) is 0 Å². The van der Waals surface area contributed by atoms with Gasteiger partial charge in [-0.1, -0.05) is 25.9 Å². The molecule has 0 spiro atoms. The molecule has 17 heavy (non-hydrogen) atoms. The van der Waals surface area contributed by atoms with Crippen LogP contribution in [-0.2, 0) is 9.59 Å². The molecule has 0 aromatic heterocycles. The maximum Gasteiger partial charge on any atom is 0.300 e. The number of rotatable bonds is 4. The Labute approximate surface area is 103 Å². The van der Waals surface area contributed by atoms with E-state index < -0.39 is 20.0 Å². The van der Waals surface area contributed by atoms with Crippen molar-refractivity contribution in [1.29, 1.82) is 0 Å². The molecule has 4 N–H and O–H groups in total. The van der Waals surface area contributed by atoms with Crippen molar-refractivity contribution in [2.45, 2.75) is 39.8 Å². The summed E-state index contributed by atoms with van der Waals surface area (Å²) >= 11 is 0. The Kier molecular flexibility index (Phi) is 16.5. The second kappa shape index (κ2) is 13.1. The number of carbonyl (C=O) groups is 2. The minimum Gasteiger partial charge on any atom is -0.481 e. The van der Waals surface area contributed by atoms with Crippen LogP contribution in [0.5, 0.6) is 0 Å². The Morgan fingerprint density at radius 1 is 1.00 bits per heavy atom. The third kappa shape index (κ3) is 31.3. The number of hydrogen-bond donors (Lipinski definition) is 4. The third-order valence-corrected chi connectivity index (χ3v) is 4.85. The molecule has 7 heteroatoms. The molecule has 0 unspecified atom stereocenters. The summed E-state index contributed by atoms with van der Waals surface area (Å²) in [5.41, 5.74) is 0. The van der Waals surface area contributed by atoms with Gasteiger partial charge in [0, 0.05) is 26.3 Å². The third-order valence-electron chi connectivity index (χ3n) is 1.62. The van der Waals surface area contributed by atoms with Crippen LogP contribution >= 0.6 is 0 Å². The zero-order valence-corrected chi connectivity index (χ0v) is 11.9. The normalized spacial score (nSPS) is 9.29. The van der Waals surface area contributed by atoms with Gasteiger partial charge in [-0.25, -0.2) is 0 Å². The van der Waals surface area contributed by atoms with E-state index in [0.717, 1.165) is 26.3 Å². The molecular weight excluding hydrogens is 244 g/mol.